The average molecular weight is 292 g/mol. The summed E-state index contributed by atoms with van der Waals surface area (Å²) in [6.45, 7) is 2.13. The molecule has 0 aromatic rings. The standard InChI is InChI=1S/C18H25FO2/c1-17-8-7-15-13(14(17)4-5-16(17)21)3-2-11-10-12(20)6-9-18(11,15)19/h11,13-15H,2-10H2,1H3/t11-,13+,14?,15+,17+,18-/m1/s1. The van der Waals surface area contributed by atoms with E-state index >= 15 is 4.39 Å². The van der Waals surface area contributed by atoms with Gasteiger partial charge in [-0.15, -0.1) is 0 Å². The smallest absolute Gasteiger partial charge is 0.139 e. The molecule has 0 aromatic carbocycles. The van der Waals surface area contributed by atoms with Crippen LogP contribution in [0, 0.1) is 29.1 Å². The Balaban J connectivity index is 1.65. The molecule has 4 aliphatic rings. The topological polar surface area (TPSA) is 34.1 Å². The van der Waals surface area contributed by atoms with Crippen LogP contribution in [0.2, 0.25) is 0 Å². The number of ketones is 2. The van der Waals surface area contributed by atoms with E-state index in [1.165, 1.54) is 0 Å². The first-order valence-corrected chi connectivity index (χ1v) is 8.69. The molecular formula is C18H25FO2. The van der Waals surface area contributed by atoms with E-state index in [-0.39, 0.29) is 23.0 Å². The molecule has 0 radical (unpaired) electrons. The highest BCUT2D eigenvalue weighted by molar-refractivity contribution is 5.87. The summed E-state index contributed by atoms with van der Waals surface area (Å²) in [6.07, 6.45) is 6.59. The molecule has 0 heterocycles. The van der Waals surface area contributed by atoms with Crippen molar-refractivity contribution in [1.82, 2.24) is 0 Å². The molecule has 21 heavy (non-hydrogen) atoms. The van der Waals surface area contributed by atoms with Gasteiger partial charge >= 0.3 is 0 Å². The minimum atomic E-state index is -1.12. The van der Waals surface area contributed by atoms with Gasteiger partial charge in [0.15, 0.2) is 0 Å². The highest BCUT2D eigenvalue weighted by Gasteiger charge is 2.62. The zero-order valence-electron chi connectivity index (χ0n) is 12.9. The Morgan fingerprint density at radius 3 is 2.62 bits per heavy atom. The zero-order valence-corrected chi connectivity index (χ0v) is 12.9. The maximum Gasteiger partial charge on any atom is 0.139 e. The lowest BCUT2D eigenvalue weighted by Crippen LogP contribution is -2.56. The average Bonchev–Trinajstić information content (AvgIpc) is 2.76. The van der Waals surface area contributed by atoms with Gasteiger partial charge in [0.05, 0.1) is 0 Å². The van der Waals surface area contributed by atoms with E-state index in [0.29, 0.717) is 43.3 Å². The lowest BCUT2D eigenvalue weighted by Gasteiger charge is -2.56. The largest absolute Gasteiger partial charge is 0.300 e. The number of halogens is 1. The molecule has 0 aromatic heterocycles. The van der Waals surface area contributed by atoms with Crippen molar-refractivity contribution < 1.29 is 14.0 Å². The number of rotatable bonds is 0. The summed E-state index contributed by atoms with van der Waals surface area (Å²) in [5.41, 5.74) is -1.29. The molecule has 0 aliphatic heterocycles. The lowest BCUT2D eigenvalue weighted by molar-refractivity contribution is -0.151. The van der Waals surface area contributed by atoms with E-state index in [9.17, 15) is 9.59 Å². The third-order valence-electron chi connectivity index (χ3n) is 7.55. The number of hydrogen-bond donors (Lipinski definition) is 0. The van der Waals surface area contributed by atoms with Crippen molar-refractivity contribution in [2.24, 2.45) is 29.1 Å². The van der Waals surface area contributed by atoms with Gasteiger partial charge in [-0.05, 0) is 56.3 Å². The first-order valence-electron chi connectivity index (χ1n) is 8.69. The van der Waals surface area contributed by atoms with Gasteiger partial charge in [0, 0.05) is 30.6 Å². The summed E-state index contributed by atoms with van der Waals surface area (Å²) >= 11 is 0. The Kier molecular flexibility index (Phi) is 2.91. The van der Waals surface area contributed by atoms with E-state index in [1.807, 2.05) is 0 Å². The van der Waals surface area contributed by atoms with Crippen molar-refractivity contribution in [2.45, 2.75) is 70.4 Å². The quantitative estimate of drug-likeness (QED) is 0.679. The van der Waals surface area contributed by atoms with Crippen LogP contribution in [0.5, 0.6) is 0 Å². The fourth-order valence-electron chi connectivity index (χ4n) is 6.36. The zero-order chi connectivity index (χ0) is 14.8. The van der Waals surface area contributed by atoms with E-state index < -0.39 is 5.67 Å². The van der Waals surface area contributed by atoms with Crippen LogP contribution in [0.3, 0.4) is 0 Å². The highest BCUT2D eigenvalue weighted by Crippen LogP contribution is 2.63. The molecule has 1 unspecified atom stereocenters. The minimum Gasteiger partial charge on any atom is -0.300 e. The Bertz CT molecular complexity index is 501. The van der Waals surface area contributed by atoms with E-state index in [2.05, 4.69) is 6.92 Å². The molecule has 0 spiro atoms. The third-order valence-corrected chi connectivity index (χ3v) is 7.55. The fourth-order valence-corrected chi connectivity index (χ4v) is 6.36. The summed E-state index contributed by atoms with van der Waals surface area (Å²) < 4.78 is 15.8. The lowest BCUT2D eigenvalue weighted by atomic mass is 9.49. The molecule has 4 fully saturated rings. The van der Waals surface area contributed by atoms with Crippen LogP contribution in [0.15, 0.2) is 0 Å². The normalized spacial score (nSPS) is 53.0. The third kappa shape index (κ3) is 1.75. The van der Waals surface area contributed by atoms with Crippen LogP contribution >= 0.6 is 0 Å². The monoisotopic (exact) mass is 292 g/mol. The number of hydrogen-bond acceptors (Lipinski definition) is 2. The second-order valence-corrected chi connectivity index (χ2v) is 8.24. The molecule has 0 amide bonds. The molecular weight excluding hydrogens is 267 g/mol. The molecule has 4 aliphatic carbocycles. The summed E-state index contributed by atoms with van der Waals surface area (Å²) in [5.74, 6) is 1.51. The summed E-state index contributed by atoms with van der Waals surface area (Å²) in [6, 6.07) is 0. The molecule has 2 nitrogen and oxygen atoms in total. The van der Waals surface area contributed by atoms with Crippen LogP contribution in [0.4, 0.5) is 4.39 Å². The van der Waals surface area contributed by atoms with Crippen molar-refractivity contribution in [3.05, 3.63) is 0 Å². The van der Waals surface area contributed by atoms with Crippen LogP contribution in [0.25, 0.3) is 0 Å². The number of alkyl halides is 1. The molecule has 0 bridgehead atoms. The van der Waals surface area contributed by atoms with Gasteiger partial charge in [-0.1, -0.05) is 6.92 Å². The molecule has 3 heteroatoms. The molecule has 6 atom stereocenters. The molecule has 0 saturated heterocycles. The molecule has 4 rings (SSSR count). The van der Waals surface area contributed by atoms with Crippen LogP contribution < -0.4 is 0 Å². The van der Waals surface area contributed by atoms with E-state index in [4.69, 9.17) is 0 Å². The van der Waals surface area contributed by atoms with Crippen LogP contribution in [-0.2, 0) is 9.59 Å². The van der Waals surface area contributed by atoms with Gasteiger partial charge in [0.25, 0.3) is 0 Å². The summed E-state index contributed by atoms with van der Waals surface area (Å²) in [5, 5.41) is 0. The number of Topliss-reactive ketones (excluding diaryl/α,β-unsaturated/α-hetero) is 2. The summed E-state index contributed by atoms with van der Waals surface area (Å²) in [4.78, 5) is 24.0. The first-order chi connectivity index (χ1) is 9.95. The summed E-state index contributed by atoms with van der Waals surface area (Å²) in [7, 11) is 0. The maximum atomic E-state index is 15.8. The first kappa shape index (κ1) is 13.9. The van der Waals surface area contributed by atoms with E-state index in [0.717, 1.165) is 32.1 Å². The van der Waals surface area contributed by atoms with Crippen molar-refractivity contribution in [3.8, 4) is 0 Å². The van der Waals surface area contributed by atoms with Gasteiger partial charge in [-0.3, -0.25) is 9.59 Å². The Morgan fingerprint density at radius 2 is 1.81 bits per heavy atom. The molecule has 0 N–H and O–H groups in total. The number of carbonyl (C=O) groups is 2. The fraction of sp³-hybridized carbons (Fsp3) is 0.889. The SMILES string of the molecule is C[C@]12CC[C@H]3[C@@H](CC[C@@H]4CC(=O)CC[C@@]43F)C1CCC2=O. The molecule has 116 valence electrons. The van der Waals surface area contributed by atoms with Crippen molar-refractivity contribution in [3.63, 3.8) is 0 Å². The van der Waals surface area contributed by atoms with Gasteiger partial charge < -0.3 is 0 Å². The van der Waals surface area contributed by atoms with Gasteiger partial charge in [-0.2, -0.15) is 0 Å². The Morgan fingerprint density at radius 1 is 1.00 bits per heavy atom. The van der Waals surface area contributed by atoms with Crippen LogP contribution in [0.1, 0.15) is 64.7 Å². The predicted octanol–water partition coefficient (Wildman–Crippen LogP) is 3.87. The maximum absolute atomic E-state index is 15.8. The van der Waals surface area contributed by atoms with Gasteiger partial charge in [0.2, 0.25) is 0 Å². The number of fused-ring (bicyclic) bond motifs is 5. The number of carbonyl (C=O) groups excluding carboxylic acids is 2. The Labute approximate surface area is 125 Å². The second kappa shape index (κ2) is 4.39. The van der Waals surface area contributed by atoms with E-state index in [1.54, 1.807) is 0 Å². The van der Waals surface area contributed by atoms with Crippen LogP contribution in [-0.4, -0.2) is 17.2 Å². The highest BCUT2D eigenvalue weighted by atomic mass is 19.1. The minimum absolute atomic E-state index is 0.0403. The second-order valence-electron chi connectivity index (χ2n) is 8.24. The van der Waals surface area contributed by atoms with Gasteiger partial charge in [-0.25, -0.2) is 4.39 Å². The predicted molar refractivity (Wildman–Crippen MR) is 77.5 cm³/mol. The Hall–Kier alpha value is -0.730. The molecule has 4 saturated carbocycles. The van der Waals surface area contributed by atoms with Crippen molar-refractivity contribution >= 4 is 11.6 Å². The van der Waals surface area contributed by atoms with Crippen molar-refractivity contribution in [2.75, 3.05) is 0 Å². The van der Waals surface area contributed by atoms with Gasteiger partial charge in [0.1, 0.15) is 17.2 Å². The van der Waals surface area contributed by atoms with Crippen molar-refractivity contribution in [1.29, 1.82) is 0 Å².